The van der Waals surface area contributed by atoms with Crippen molar-refractivity contribution in [3.05, 3.63) is 23.0 Å². The van der Waals surface area contributed by atoms with Crippen molar-refractivity contribution in [2.75, 3.05) is 7.11 Å². The quantitative estimate of drug-likeness (QED) is 0.616. The summed E-state index contributed by atoms with van der Waals surface area (Å²) >= 11 is 0. The number of hydrogen-bond donors (Lipinski definition) is 3. The number of nitrogens with one attached hydrogen (secondary N) is 1. The summed E-state index contributed by atoms with van der Waals surface area (Å²) < 4.78 is 4.59. The number of H-pyrrole nitrogens is 1. The van der Waals surface area contributed by atoms with Crippen LogP contribution in [0.3, 0.4) is 0 Å². The molecule has 0 radical (unpaired) electrons. The Hall–Kier alpha value is -1.82. The molecule has 4 N–H and O–H groups in total. The van der Waals surface area contributed by atoms with Gasteiger partial charge in [-0.15, -0.1) is 0 Å². The Bertz CT molecular complexity index is 412. The van der Waals surface area contributed by atoms with Gasteiger partial charge in [0.15, 0.2) is 0 Å². The molecule has 17 heavy (non-hydrogen) atoms. The van der Waals surface area contributed by atoms with Crippen molar-refractivity contribution in [1.29, 1.82) is 0 Å². The standard InChI is InChI=1S/C11H16N2O4/c1-17-11(16)4-8-7(2-3-10(14)15)6-13-9(8)5-12/h6,13H,2-5,12H2,1H3,(H,14,15). The maximum Gasteiger partial charge on any atom is 0.310 e. The highest BCUT2D eigenvalue weighted by atomic mass is 16.5. The van der Waals surface area contributed by atoms with Gasteiger partial charge in [-0.1, -0.05) is 0 Å². The maximum atomic E-state index is 11.2. The van der Waals surface area contributed by atoms with E-state index in [-0.39, 0.29) is 25.4 Å². The predicted molar refractivity (Wildman–Crippen MR) is 60.4 cm³/mol. The highest BCUT2D eigenvalue weighted by Gasteiger charge is 2.15. The van der Waals surface area contributed by atoms with Crippen LogP contribution in [0.15, 0.2) is 6.20 Å². The first kappa shape index (κ1) is 13.2. The number of carbonyl (C=O) groups is 2. The Morgan fingerprint density at radius 3 is 2.76 bits per heavy atom. The number of hydrogen-bond acceptors (Lipinski definition) is 4. The summed E-state index contributed by atoms with van der Waals surface area (Å²) in [6.07, 6.45) is 2.21. The molecule has 0 aliphatic carbocycles. The van der Waals surface area contributed by atoms with Crippen LogP contribution in [0.4, 0.5) is 0 Å². The zero-order valence-electron chi connectivity index (χ0n) is 9.66. The first-order valence-corrected chi connectivity index (χ1v) is 5.25. The third-order valence-corrected chi connectivity index (χ3v) is 2.53. The summed E-state index contributed by atoms with van der Waals surface area (Å²) in [5.74, 6) is -1.24. The fourth-order valence-corrected chi connectivity index (χ4v) is 1.63. The Morgan fingerprint density at radius 1 is 1.53 bits per heavy atom. The first-order chi connectivity index (χ1) is 8.08. The second-order valence-electron chi connectivity index (χ2n) is 3.62. The number of carbonyl (C=O) groups excluding carboxylic acids is 1. The van der Waals surface area contributed by atoms with E-state index in [2.05, 4.69) is 9.72 Å². The minimum absolute atomic E-state index is 0.0238. The van der Waals surface area contributed by atoms with Crippen LogP contribution in [0.1, 0.15) is 23.2 Å². The molecule has 0 atom stereocenters. The zero-order chi connectivity index (χ0) is 12.8. The first-order valence-electron chi connectivity index (χ1n) is 5.25. The normalized spacial score (nSPS) is 10.2. The van der Waals surface area contributed by atoms with Crippen LogP contribution in [0.5, 0.6) is 0 Å². The molecule has 1 heterocycles. The van der Waals surface area contributed by atoms with Crippen molar-refractivity contribution in [2.24, 2.45) is 5.73 Å². The van der Waals surface area contributed by atoms with Crippen LogP contribution >= 0.6 is 0 Å². The number of esters is 1. The highest BCUT2D eigenvalue weighted by Crippen LogP contribution is 2.17. The molecule has 0 aliphatic heterocycles. The van der Waals surface area contributed by atoms with Gasteiger partial charge in [-0.25, -0.2) is 0 Å². The minimum Gasteiger partial charge on any atom is -0.481 e. The lowest BCUT2D eigenvalue weighted by Crippen LogP contribution is -2.10. The SMILES string of the molecule is COC(=O)Cc1c(CCC(=O)O)c[nH]c1CN. The minimum atomic E-state index is -0.871. The number of ether oxygens (including phenoxy) is 1. The molecule has 6 nitrogen and oxygen atoms in total. The molecule has 0 aliphatic rings. The van der Waals surface area contributed by atoms with Gasteiger partial charge in [-0.3, -0.25) is 9.59 Å². The van der Waals surface area contributed by atoms with E-state index in [0.717, 1.165) is 16.8 Å². The average molecular weight is 240 g/mol. The Morgan fingerprint density at radius 2 is 2.24 bits per heavy atom. The molecule has 0 saturated heterocycles. The summed E-state index contributed by atoms with van der Waals surface area (Å²) in [7, 11) is 1.31. The Labute approximate surface area is 98.8 Å². The van der Waals surface area contributed by atoms with Gasteiger partial charge in [0.1, 0.15) is 0 Å². The number of aryl methyl sites for hydroxylation is 1. The monoisotopic (exact) mass is 240 g/mol. The van der Waals surface area contributed by atoms with E-state index in [4.69, 9.17) is 10.8 Å². The Balaban J connectivity index is 2.85. The van der Waals surface area contributed by atoms with E-state index in [1.165, 1.54) is 7.11 Å². The van der Waals surface area contributed by atoms with Gasteiger partial charge in [0, 0.05) is 24.9 Å². The van der Waals surface area contributed by atoms with Crippen molar-refractivity contribution in [1.82, 2.24) is 4.98 Å². The molecule has 1 aromatic rings. The van der Waals surface area contributed by atoms with Gasteiger partial charge in [-0.2, -0.15) is 0 Å². The van der Waals surface area contributed by atoms with Gasteiger partial charge in [0.25, 0.3) is 0 Å². The number of methoxy groups -OCH3 is 1. The lowest BCUT2D eigenvalue weighted by Gasteiger charge is -2.04. The van der Waals surface area contributed by atoms with Crippen molar-refractivity contribution in [2.45, 2.75) is 25.8 Å². The maximum absolute atomic E-state index is 11.2. The topological polar surface area (TPSA) is 105 Å². The molecule has 1 aromatic heterocycles. The molecule has 0 saturated carbocycles. The molecule has 0 bridgehead atoms. The molecule has 1 rings (SSSR count). The van der Waals surface area contributed by atoms with Crippen molar-refractivity contribution in [3.8, 4) is 0 Å². The zero-order valence-corrected chi connectivity index (χ0v) is 9.66. The molecule has 0 aromatic carbocycles. The third-order valence-electron chi connectivity index (χ3n) is 2.53. The summed E-state index contributed by atoms with van der Waals surface area (Å²) in [6, 6.07) is 0. The van der Waals surface area contributed by atoms with E-state index >= 15 is 0 Å². The van der Waals surface area contributed by atoms with E-state index < -0.39 is 5.97 Å². The van der Waals surface area contributed by atoms with E-state index in [1.54, 1.807) is 6.20 Å². The number of carboxylic acids is 1. The van der Waals surface area contributed by atoms with Gasteiger partial charge in [0.05, 0.1) is 13.5 Å². The van der Waals surface area contributed by atoms with Crippen LogP contribution in [-0.4, -0.2) is 29.1 Å². The predicted octanol–water partition coefficient (Wildman–Crippen LogP) is 0.206. The summed E-state index contributed by atoms with van der Waals surface area (Å²) in [5, 5.41) is 8.63. The van der Waals surface area contributed by atoms with Crippen LogP contribution in [-0.2, 0) is 33.7 Å². The number of rotatable bonds is 6. The van der Waals surface area contributed by atoms with Crippen molar-refractivity contribution in [3.63, 3.8) is 0 Å². The van der Waals surface area contributed by atoms with Crippen LogP contribution in [0.2, 0.25) is 0 Å². The number of aromatic nitrogens is 1. The lowest BCUT2D eigenvalue weighted by molar-refractivity contribution is -0.140. The smallest absolute Gasteiger partial charge is 0.310 e. The second kappa shape index (κ2) is 6.05. The van der Waals surface area contributed by atoms with Crippen LogP contribution in [0.25, 0.3) is 0 Å². The number of nitrogens with two attached hydrogens (primary N) is 1. The summed E-state index contributed by atoms with van der Waals surface area (Å²) in [4.78, 5) is 24.7. The molecule has 0 fully saturated rings. The van der Waals surface area contributed by atoms with E-state index in [1.807, 2.05) is 0 Å². The molecule has 0 amide bonds. The Kier molecular flexibility index (Phi) is 4.71. The molecule has 0 spiro atoms. The van der Waals surface area contributed by atoms with Gasteiger partial charge in [-0.05, 0) is 17.5 Å². The number of carboxylic acid groups (broad SMARTS) is 1. The fourth-order valence-electron chi connectivity index (χ4n) is 1.63. The molecule has 94 valence electrons. The summed E-state index contributed by atoms with van der Waals surface area (Å²) in [6.45, 7) is 0.277. The van der Waals surface area contributed by atoms with Gasteiger partial charge in [0.2, 0.25) is 0 Å². The van der Waals surface area contributed by atoms with Crippen molar-refractivity contribution >= 4 is 11.9 Å². The largest absolute Gasteiger partial charge is 0.481 e. The third kappa shape index (κ3) is 3.60. The molecule has 6 heteroatoms. The van der Waals surface area contributed by atoms with E-state index in [9.17, 15) is 9.59 Å². The lowest BCUT2D eigenvalue weighted by atomic mass is 10.0. The van der Waals surface area contributed by atoms with Crippen LogP contribution in [0, 0.1) is 0 Å². The molecular weight excluding hydrogens is 224 g/mol. The van der Waals surface area contributed by atoms with Crippen LogP contribution < -0.4 is 5.73 Å². The van der Waals surface area contributed by atoms with Gasteiger partial charge >= 0.3 is 11.9 Å². The number of aromatic amines is 1. The number of aliphatic carboxylic acids is 1. The van der Waals surface area contributed by atoms with E-state index in [0.29, 0.717) is 6.42 Å². The molecular formula is C11H16N2O4. The highest BCUT2D eigenvalue weighted by molar-refractivity contribution is 5.73. The second-order valence-corrected chi connectivity index (χ2v) is 3.62. The fraction of sp³-hybridized carbons (Fsp3) is 0.455. The molecule has 0 unspecified atom stereocenters. The van der Waals surface area contributed by atoms with Crippen molar-refractivity contribution < 1.29 is 19.4 Å². The van der Waals surface area contributed by atoms with Gasteiger partial charge < -0.3 is 20.6 Å². The average Bonchev–Trinajstić information content (AvgIpc) is 2.68. The summed E-state index contributed by atoms with van der Waals surface area (Å²) in [5.41, 5.74) is 7.84.